The van der Waals surface area contributed by atoms with Crippen LogP contribution in [0.4, 0.5) is 5.69 Å². The molecule has 0 saturated carbocycles. The van der Waals surface area contributed by atoms with Gasteiger partial charge in [0.1, 0.15) is 0 Å². The van der Waals surface area contributed by atoms with Crippen molar-refractivity contribution in [1.82, 2.24) is 4.31 Å². The molecule has 2 aromatic carbocycles. The Kier molecular flexibility index (Phi) is 7.27. The number of carbonyl (C=O) groups is 2. The van der Waals surface area contributed by atoms with Crippen LogP contribution in [0.5, 0.6) is 11.5 Å². The molecule has 1 atom stereocenters. The minimum Gasteiger partial charge on any atom is -0.489 e. The number of sulfonamides is 1. The Morgan fingerprint density at radius 1 is 1.16 bits per heavy atom. The molecular weight excluding hydrogens is 460 g/mol. The molecule has 9 nitrogen and oxygen atoms in total. The van der Waals surface area contributed by atoms with Crippen LogP contribution in [0.1, 0.15) is 23.7 Å². The van der Waals surface area contributed by atoms with Gasteiger partial charge in [0.2, 0.25) is 10.0 Å². The first-order valence-electron chi connectivity index (χ1n) is 9.73. The zero-order chi connectivity index (χ0) is 23.5. The monoisotopic (exact) mass is 482 g/mol. The second kappa shape index (κ2) is 9.76. The van der Waals surface area contributed by atoms with E-state index in [0.717, 1.165) is 4.31 Å². The summed E-state index contributed by atoms with van der Waals surface area (Å²) >= 11 is 6.20. The van der Waals surface area contributed by atoms with Crippen LogP contribution in [0, 0.1) is 0 Å². The first-order valence-corrected chi connectivity index (χ1v) is 11.5. The van der Waals surface area contributed by atoms with Crippen LogP contribution in [0.3, 0.4) is 0 Å². The Bertz CT molecular complexity index is 1130. The molecule has 1 N–H and O–H groups in total. The topological polar surface area (TPSA) is 111 Å². The molecule has 1 heterocycles. The molecule has 0 spiro atoms. The zero-order valence-electron chi connectivity index (χ0n) is 17.8. The summed E-state index contributed by atoms with van der Waals surface area (Å²) in [5.74, 6) is -0.704. The van der Waals surface area contributed by atoms with E-state index in [4.69, 9.17) is 25.8 Å². The van der Waals surface area contributed by atoms with Gasteiger partial charge in [0.25, 0.3) is 5.91 Å². The van der Waals surface area contributed by atoms with E-state index >= 15 is 0 Å². The summed E-state index contributed by atoms with van der Waals surface area (Å²) in [5, 5.41) is 2.75. The van der Waals surface area contributed by atoms with Gasteiger partial charge in [-0.3, -0.25) is 4.79 Å². The summed E-state index contributed by atoms with van der Waals surface area (Å²) in [6, 6.07) is 8.62. The van der Waals surface area contributed by atoms with Gasteiger partial charge in [0.05, 0.1) is 28.7 Å². The van der Waals surface area contributed by atoms with Crippen LogP contribution in [-0.4, -0.2) is 58.0 Å². The van der Waals surface area contributed by atoms with Gasteiger partial charge < -0.3 is 19.5 Å². The molecule has 0 aromatic heterocycles. The van der Waals surface area contributed by atoms with Gasteiger partial charge in [0, 0.05) is 26.2 Å². The van der Waals surface area contributed by atoms with E-state index in [0.29, 0.717) is 31.1 Å². The summed E-state index contributed by atoms with van der Waals surface area (Å²) in [5.41, 5.74) is 0.359. The largest absolute Gasteiger partial charge is 0.489 e. The molecule has 11 heteroatoms. The number of hydrogen-bond acceptors (Lipinski definition) is 7. The second-order valence-corrected chi connectivity index (χ2v) is 9.75. The fraction of sp³-hybridized carbons (Fsp3) is 0.333. The summed E-state index contributed by atoms with van der Waals surface area (Å²) in [7, 11) is -0.841. The van der Waals surface area contributed by atoms with Crippen molar-refractivity contribution < 1.29 is 32.2 Å². The van der Waals surface area contributed by atoms with Crippen molar-refractivity contribution >= 4 is 39.2 Å². The van der Waals surface area contributed by atoms with E-state index in [1.807, 2.05) is 0 Å². The summed E-state index contributed by atoms with van der Waals surface area (Å²) in [6.07, 6.45) is -0.481. The summed E-state index contributed by atoms with van der Waals surface area (Å²) in [6.45, 7) is 2.27. The number of anilines is 1. The standard InChI is InChI=1S/C21H23ClN2O7S/c1-13(20(25)23-15-6-4-7-16(12-15)32(27,28)24(2)3)31-21(26)14-10-17(22)19-18(11-14)29-8-5-9-30-19/h4,6-7,10-13H,5,8-9H2,1-3H3,(H,23,25)/t13-/m0/s1. The maximum Gasteiger partial charge on any atom is 0.339 e. The van der Waals surface area contributed by atoms with E-state index in [9.17, 15) is 18.0 Å². The molecule has 1 aliphatic heterocycles. The van der Waals surface area contributed by atoms with Gasteiger partial charge >= 0.3 is 5.97 Å². The van der Waals surface area contributed by atoms with Crippen molar-refractivity contribution in [3.63, 3.8) is 0 Å². The van der Waals surface area contributed by atoms with Crippen LogP contribution in [0.15, 0.2) is 41.3 Å². The number of ether oxygens (including phenoxy) is 3. The number of rotatable bonds is 6. The SMILES string of the molecule is C[C@H](OC(=O)c1cc(Cl)c2c(c1)OCCCO2)C(=O)Nc1cccc(S(=O)(=O)N(C)C)c1. The highest BCUT2D eigenvalue weighted by Crippen LogP contribution is 2.38. The lowest BCUT2D eigenvalue weighted by molar-refractivity contribution is -0.123. The molecular formula is C21H23ClN2O7S. The lowest BCUT2D eigenvalue weighted by Crippen LogP contribution is -2.30. The van der Waals surface area contributed by atoms with Crippen molar-refractivity contribution in [2.75, 3.05) is 32.6 Å². The lowest BCUT2D eigenvalue weighted by Gasteiger charge is -2.16. The molecule has 172 valence electrons. The fourth-order valence-corrected chi connectivity index (χ4v) is 4.03. The fourth-order valence-electron chi connectivity index (χ4n) is 2.82. The Balaban J connectivity index is 1.69. The molecule has 3 rings (SSSR count). The quantitative estimate of drug-likeness (QED) is 0.630. The Labute approximate surface area is 191 Å². The molecule has 0 radical (unpaired) electrons. The van der Waals surface area contributed by atoms with E-state index in [1.165, 1.54) is 57.4 Å². The molecule has 2 aromatic rings. The molecule has 1 amide bonds. The van der Waals surface area contributed by atoms with Crippen LogP contribution < -0.4 is 14.8 Å². The number of fused-ring (bicyclic) bond motifs is 1. The van der Waals surface area contributed by atoms with Gasteiger partial charge in [-0.2, -0.15) is 0 Å². The highest BCUT2D eigenvalue weighted by Gasteiger charge is 2.24. The lowest BCUT2D eigenvalue weighted by atomic mass is 10.2. The van der Waals surface area contributed by atoms with E-state index in [-0.39, 0.29) is 21.2 Å². The van der Waals surface area contributed by atoms with Crippen LogP contribution >= 0.6 is 11.6 Å². The predicted molar refractivity (Wildman–Crippen MR) is 118 cm³/mol. The number of benzene rings is 2. The average Bonchev–Trinajstić information content (AvgIpc) is 2.99. The smallest absolute Gasteiger partial charge is 0.339 e. The number of hydrogen-bond donors (Lipinski definition) is 1. The van der Waals surface area contributed by atoms with Crippen molar-refractivity contribution in [1.29, 1.82) is 0 Å². The van der Waals surface area contributed by atoms with Gasteiger partial charge in [-0.25, -0.2) is 17.5 Å². The third kappa shape index (κ3) is 5.32. The number of carbonyl (C=O) groups excluding carboxylic acids is 2. The maximum absolute atomic E-state index is 12.6. The minimum absolute atomic E-state index is 0.0202. The van der Waals surface area contributed by atoms with Crippen molar-refractivity contribution in [2.45, 2.75) is 24.3 Å². The zero-order valence-corrected chi connectivity index (χ0v) is 19.3. The minimum atomic E-state index is -3.66. The molecule has 32 heavy (non-hydrogen) atoms. The number of amides is 1. The Morgan fingerprint density at radius 2 is 1.88 bits per heavy atom. The first kappa shape index (κ1) is 23.8. The number of esters is 1. The van der Waals surface area contributed by atoms with Gasteiger partial charge in [0.15, 0.2) is 17.6 Å². The van der Waals surface area contributed by atoms with Crippen LogP contribution in [0.25, 0.3) is 0 Å². The number of halogens is 1. The van der Waals surface area contributed by atoms with Crippen molar-refractivity contribution in [2.24, 2.45) is 0 Å². The first-order chi connectivity index (χ1) is 15.1. The average molecular weight is 483 g/mol. The van der Waals surface area contributed by atoms with Gasteiger partial charge in [-0.1, -0.05) is 17.7 Å². The normalized spacial score (nSPS) is 14.4. The highest BCUT2D eigenvalue weighted by atomic mass is 35.5. The number of nitrogens with one attached hydrogen (secondary N) is 1. The molecule has 0 aliphatic carbocycles. The summed E-state index contributed by atoms with van der Waals surface area (Å²) < 4.78 is 41.9. The number of nitrogens with zero attached hydrogens (tertiary/aromatic N) is 1. The van der Waals surface area contributed by atoms with Crippen molar-refractivity contribution in [3.05, 3.63) is 47.0 Å². The van der Waals surface area contributed by atoms with Crippen LogP contribution in [0.2, 0.25) is 5.02 Å². The molecule has 0 fully saturated rings. The van der Waals surface area contributed by atoms with E-state index < -0.39 is 28.0 Å². The Hall–Kier alpha value is -2.82. The summed E-state index contributed by atoms with van der Waals surface area (Å²) in [4.78, 5) is 25.1. The third-order valence-corrected chi connectivity index (χ3v) is 6.66. The van der Waals surface area contributed by atoms with Crippen LogP contribution in [-0.2, 0) is 19.6 Å². The third-order valence-electron chi connectivity index (χ3n) is 4.57. The van der Waals surface area contributed by atoms with Gasteiger partial charge in [-0.05, 0) is 37.3 Å². The van der Waals surface area contributed by atoms with Crippen molar-refractivity contribution in [3.8, 4) is 11.5 Å². The van der Waals surface area contributed by atoms with E-state index in [1.54, 1.807) is 0 Å². The van der Waals surface area contributed by atoms with E-state index in [2.05, 4.69) is 5.32 Å². The van der Waals surface area contributed by atoms with Gasteiger partial charge in [-0.15, -0.1) is 0 Å². The predicted octanol–water partition coefficient (Wildman–Crippen LogP) is 2.94. The Morgan fingerprint density at radius 3 is 2.59 bits per heavy atom. The second-order valence-electron chi connectivity index (χ2n) is 7.19. The molecule has 0 unspecified atom stereocenters. The highest BCUT2D eigenvalue weighted by molar-refractivity contribution is 7.89. The molecule has 1 aliphatic rings. The molecule has 0 bridgehead atoms. The molecule has 0 saturated heterocycles. The maximum atomic E-state index is 12.6.